The monoisotopic (exact) mass is 603 g/mol. The topological polar surface area (TPSA) is 56.5 Å². The summed E-state index contributed by atoms with van der Waals surface area (Å²) in [6.07, 6.45) is 2.68. The maximum absolute atomic E-state index is 5.16. The van der Waals surface area contributed by atoms with Gasteiger partial charge in [0.2, 0.25) is 0 Å². The number of rotatable bonds is 5. The average molecular weight is 604 g/mol. The van der Waals surface area contributed by atoms with Crippen LogP contribution in [0.15, 0.2) is 146 Å². The number of hydrogen-bond acceptors (Lipinski definition) is 4. The number of benzene rings is 6. The van der Waals surface area contributed by atoms with Crippen LogP contribution in [-0.2, 0) is 6.42 Å². The quantitative estimate of drug-likeness (QED) is 0.196. The normalized spacial score (nSPS) is 11.6. The highest BCUT2D eigenvalue weighted by molar-refractivity contribution is 6.01. The third-order valence-electron chi connectivity index (χ3n) is 8.98. The molecule has 5 heteroatoms. The molecule has 3 aromatic heterocycles. The molecule has 0 aliphatic rings. The van der Waals surface area contributed by atoms with Gasteiger partial charge < -0.3 is 0 Å². The van der Waals surface area contributed by atoms with Crippen molar-refractivity contribution in [3.05, 3.63) is 152 Å². The molecule has 3 heterocycles. The minimum absolute atomic E-state index is 0.656. The van der Waals surface area contributed by atoms with Crippen LogP contribution >= 0.6 is 0 Å². The van der Waals surface area contributed by atoms with Gasteiger partial charge in [-0.3, -0.25) is 9.55 Å². The molecule has 0 unspecified atom stereocenters. The van der Waals surface area contributed by atoms with Gasteiger partial charge in [-0.25, -0.2) is 15.0 Å². The highest BCUT2D eigenvalue weighted by Crippen LogP contribution is 2.37. The fourth-order valence-corrected chi connectivity index (χ4v) is 6.77. The first kappa shape index (κ1) is 27.1. The molecule has 47 heavy (non-hydrogen) atoms. The van der Waals surface area contributed by atoms with E-state index < -0.39 is 0 Å². The van der Waals surface area contributed by atoms with Gasteiger partial charge in [-0.05, 0) is 64.0 Å². The zero-order chi connectivity index (χ0) is 31.3. The molecule has 0 atom stereocenters. The number of aryl methyl sites for hydroxylation is 1. The van der Waals surface area contributed by atoms with Gasteiger partial charge in [0.1, 0.15) is 5.82 Å². The number of pyridine rings is 1. The molecule has 222 valence electrons. The summed E-state index contributed by atoms with van der Waals surface area (Å²) in [5, 5.41) is 5.68. The van der Waals surface area contributed by atoms with Gasteiger partial charge in [-0.2, -0.15) is 0 Å². The molecule has 0 radical (unpaired) electrons. The summed E-state index contributed by atoms with van der Waals surface area (Å²) < 4.78 is 2.30. The van der Waals surface area contributed by atoms with E-state index >= 15 is 0 Å². The zero-order valence-electron chi connectivity index (χ0n) is 25.8. The molecular weight excluding hydrogens is 574 g/mol. The van der Waals surface area contributed by atoms with E-state index in [1.54, 1.807) is 0 Å². The minimum atomic E-state index is 0.656. The van der Waals surface area contributed by atoms with Gasteiger partial charge in [-0.15, -0.1) is 0 Å². The summed E-state index contributed by atoms with van der Waals surface area (Å²) in [6, 6.07) is 48.6. The molecule has 0 aliphatic carbocycles. The van der Waals surface area contributed by atoms with Gasteiger partial charge in [0, 0.05) is 40.4 Å². The highest BCUT2D eigenvalue weighted by Gasteiger charge is 2.18. The smallest absolute Gasteiger partial charge is 0.162 e. The second-order valence-corrected chi connectivity index (χ2v) is 11.8. The Bertz CT molecular complexity index is 2620. The molecule has 9 aromatic rings. The van der Waals surface area contributed by atoms with E-state index in [0.717, 1.165) is 78.7 Å². The van der Waals surface area contributed by atoms with Crippen molar-refractivity contribution < 1.29 is 0 Å². The summed E-state index contributed by atoms with van der Waals surface area (Å²) in [7, 11) is 0. The van der Waals surface area contributed by atoms with Crippen molar-refractivity contribution in [2.24, 2.45) is 0 Å². The highest BCUT2D eigenvalue weighted by atomic mass is 15.1. The van der Waals surface area contributed by atoms with E-state index in [-0.39, 0.29) is 0 Å². The van der Waals surface area contributed by atoms with Crippen molar-refractivity contribution in [3.63, 3.8) is 0 Å². The van der Waals surface area contributed by atoms with E-state index in [2.05, 4.69) is 115 Å². The Balaban J connectivity index is 1.21. The first-order valence-corrected chi connectivity index (χ1v) is 16.0. The fraction of sp³-hybridized carbons (Fsp3) is 0.0476. The molecular formula is C42H29N5. The van der Waals surface area contributed by atoms with Gasteiger partial charge in [0.25, 0.3) is 0 Å². The Labute approximate surface area is 271 Å². The second kappa shape index (κ2) is 11.0. The van der Waals surface area contributed by atoms with E-state index in [4.69, 9.17) is 19.9 Å². The third-order valence-corrected chi connectivity index (χ3v) is 8.98. The lowest BCUT2D eigenvalue weighted by molar-refractivity contribution is 0.909. The summed E-state index contributed by atoms with van der Waals surface area (Å²) in [6.45, 7) is 2.16. The maximum Gasteiger partial charge on any atom is 0.162 e. The second-order valence-electron chi connectivity index (χ2n) is 11.8. The lowest BCUT2D eigenvalue weighted by atomic mass is 9.97. The van der Waals surface area contributed by atoms with Crippen molar-refractivity contribution in [1.82, 2.24) is 24.5 Å². The van der Waals surface area contributed by atoms with Crippen molar-refractivity contribution in [2.75, 3.05) is 0 Å². The van der Waals surface area contributed by atoms with Crippen molar-refractivity contribution in [2.45, 2.75) is 13.3 Å². The molecule has 0 amide bonds. The van der Waals surface area contributed by atoms with Crippen LogP contribution in [0.2, 0.25) is 0 Å². The first-order valence-electron chi connectivity index (χ1n) is 16.0. The van der Waals surface area contributed by atoms with Crippen LogP contribution in [0.5, 0.6) is 0 Å². The number of fused-ring (bicyclic) bond motifs is 4. The Morgan fingerprint density at radius 2 is 1.30 bits per heavy atom. The maximum atomic E-state index is 5.16. The van der Waals surface area contributed by atoms with Crippen molar-refractivity contribution >= 4 is 43.5 Å². The SMILES string of the molecule is CCc1nc2cc3ccccc3cc2n1-c1ccc2c(-c3ncccc3-c3nc(-c4ccccc4)c4ccccc4n3)cccc2c1. The van der Waals surface area contributed by atoms with Crippen LogP contribution in [0.3, 0.4) is 0 Å². The van der Waals surface area contributed by atoms with E-state index in [0.29, 0.717) is 5.82 Å². The molecule has 0 fully saturated rings. The van der Waals surface area contributed by atoms with Crippen molar-refractivity contribution in [1.29, 1.82) is 0 Å². The Morgan fingerprint density at radius 3 is 2.17 bits per heavy atom. The summed E-state index contributed by atoms with van der Waals surface area (Å²) >= 11 is 0. The number of nitrogens with zero attached hydrogens (tertiary/aromatic N) is 5. The van der Waals surface area contributed by atoms with Crippen molar-refractivity contribution in [3.8, 4) is 39.6 Å². The van der Waals surface area contributed by atoms with E-state index in [9.17, 15) is 0 Å². The Kier molecular flexibility index (Phi) is 6.35. The average Bonchev–Trinajstić information content (AvgIpc) is 3.50. The van der Waals surface area contributed by atoms with Gasteiger partial charge >= 0.3 is 0 Å². The number of para-hydroxylation sites is 1. The number of aromatic nitrogens is 5. The fourth-order valence-electron chi connectivity index (χ4n) is 6.77. The van der Waals surface area contributed by atoms with E-state index in [1.165, 1.54) is 10.8 Å². The van der Waals surface area contributed by atoms with Crippen LogP contribution in [0.4, 0.5) is 0 Å². The molecule has 0 spiro atoms. The number of imidazole rings is 1. The van der Waals surface area contributed by atoms with Crippen LogP contribution in [0.1, 0.15) is 12.7 Å². The predicted octanol–water partition coefficient (Wildman–Crippen LogP) is 10.2. The molecule has 0 N–H and O–H groups in total. The van der Waals surface area contributed by atoms with E-state index in [1.807, 2.05) is 42.6 Å². The van der Waals surface area contributed by atoms with Crippen LogP contribution in [0, 0.1) is 0 Å². The largest absolute Gasteiger partial charge is 0.296 e. The summed E-state index contributed by atoms with van der Waals surface area (Å²) in [4.78, 5) is 20.2. The Hall–Kier alpha value is -6.20. The standard InChI is InChI=1S/C42H29N5/c1-2-39-44-37-25-28-14-6-7-15-29(28)26-38(37)47(39)31-21-22-32-30(24-31)16-10-18-33(32)41-35(19-11-23-43-41)42-45-36-20-9-8-17-34(36)40(46-42)27-12-4-3-5-13-27/h3-26H,2H2,1H3. The molecule has 0 saturated heterocycles. The van der Waals surface area contributed by atoms with Crippen LogP contribution in [-0.4, -0.2) is 24.5 Å². The first-order chi connectivity index (χ1) is 23.2. The predicted molar refractivity (Wildman–Crippen MR) is 193 cm³/mol. The van der Waals surface area contributed by atoms with Crippen LogP contribution in [0.25, 0.3) is 83.1 Å². The molecule has 9 rings (SSSR count). The van der Waals surface area contributed by atoms with Crippen LogP contribution < -0.4 is 0 Å². The molecule has 6 aromatic carbocycles. The molecule has 5 nitrogen and oxygen atoms in total. The lowest BCUT2D eigenvalue weighted by Gasteiger charge is -2.14. The lowest BCUT2D eigenvalue weighted by Crippen LogP contribution is -2.00. The zero-order valence-corrected chi connectivity index (χ0v) is 25.8. The minimum Gasteiger partial charge on any atom is -0.296 e. The van der Waals surface area contributed by atoms with Gasteiger partial charge in [0.15, 0.2) is 5.82 Å². The molecule has 0 saturated carbocycles. The summed E-state index contributed by atoms with van der Waals surface area (Å²) in [5.41, 5.74) is 8.89. The Morgan fingerprint density at radius 1 is 0.532 bits per heavy atom. The third kappa shape index (κ3) is 4.55. The molecule has 0 aliphatic heterocycles. The summed E-state index contributed by atoms with van der Waals surface area (Å²) in [5.74, 6) is 1.70. The van der Waals surface area contributed by atoms with Gasteiger partial charge in [-0.1, -0.05) is 104 Å². The van der Waals surface area contributed by atoms with Gasteiger partial charge in [0.05, 0.1) is 27.9 Å². The number of hydrogen-bond donors (Lipinski definition) is 0. The molecule has 0 bridgehead atoms.